The maximum Gasteiger partial charge on any atom is 0.262 e. The molecule has 0 N–H and O–H groups in total. The van der Waals surface area contributed by atoms with Crippen molar-refractivity contribution in [2.45, 2.75) is 55.6 Å². The van der Waals surface area contributed by atoms with Crippen molar-refractivity contribution in [3.05, 3.63) is 70.5 Å². The third-order valence-electron chi connectivity index (χ3n) is 5.73. The lowest BCUT2D eigenvalue weighted by atomic mass is 10.2. The Morgan fingerprint density at radius 3 is 2.53 bits per heavy atom. The number of aromatic nitrogens is 2. The van der Waals surface area contributed by atoms with Crippen LogP contribution in [-0.4, -0.2) is 32.7 Å². The van der Waals surface area contributed by atoms with Crippen LogP contribution >= 0.6 is 11.8 Å². The van der Waals surface area contributed by atoms with Gasteiger partial charge in [-0.25, -0.2) is 4.98 Å². The quantitative estimate of drug-likeness (QED) is 0.429. The van der Waals surface area contributed by atoms with Gasteiger partial charge in [-0.1, -0.05) is 67.1 Å². The van der Waals surface area contributed by atoms with Gasteiger partial charge in [-0.3, -0.25) is 14.2 Å². The van der Waals surface area contributed by atoms with E-state index in [2.05, 4.69) is 0 Å². The summed E-state index contributed by atoms with van der Waals surface area (Å²) in [6.45, 7) is 2.46. The fourth-order valence-electron chi connectivity index (χ4n) is 4.15. The molecule has 1 atom stereocenters. The van der Waals surface area contributed by atoms with E-state index >= 15 is 0 Å². The van der Waals surface area contributed by atoms with Gasteiger partial charge in [0.2, 0.25) is 5.91 Å². The largest absolute Gasteiger partial charge is 0.340 e. The van der Waals surface area contributed by atoms with Gasteiger partial charge in [0.15, 0.2) is 5.16 Å². The van der Waals surface area contributed by atoms with Crippen LogP contribution in [0.5, 0.6) is 0 Å². The molecule has 0 radical (unpaired) electrons. The lowest BCUT2D eigenvalue weighted by Crippen LogP contribution is -2.34. The molecular formula is C24H27N3O2S. The van der Waals surface area contributed by atoms with Crippen LogP contribution in [0.25, 0.3) is 10.9 Å². The summed E-state index contributed by atoms with van der Waals surface area (Å²) < 4.78 is 1.85. The Balaban J connectivity index is 1.61. The summed E-state index contributed by atoms with van der Waals surface area (Å²) in [7, 11) is 1.82. The molecular weight excluding hydrogens is 394 g/mol. The van der Waals surface area contributed by atoms with Crippen molar-refractivity contribution in [3.63, 3.8) is 0 Å². The number of carbonyl (C=O) groups is 1. The van der Waals surface area contributed by atoms with Crippen LogP contribution in [-0.2, 0) is 11.3 Å². The van der Waals surface area contributed by atoms with Crippen molar-refractivity contribution >= 4 is 28.6 Å². The Kier molecular flexibility index (Phi) is 6.23. The van der Waals surface area contributed by atoms with Crippen LogP contribution in [0.2, 0.25) is 0 Å². The van der Waals surface area contributed by atoms with E-state index in [1.54, 1.807) is 4.90 Å². The first-order chi connectivity index (χ1) is 14.5. The van der Waals surface area contributed by atoms with Crippen molar-refractivity contribution in [1.82, 2.24) is 14.5 Å². The summed E-state index contributed by atoms with van der Waals surface area (Å²) in [6, 6.07) is 17.6. The zero-order valence-corrected chi connectivity index (χ0v) is 18.3. The summed E-state index contributed by atoms with van der Waals surface area (Å²) in [5.74, 6) is 0.0317. The minimum absolute atomic E-state index is 0.00675. The van der Waals surface area contributed by atoms with Gasteiger partial charge in [-0.15, -0.1) is 0 Å². The fourth-order valence-corrected chi connectivity index (χ4v) is 5.24. The standard InChI is InChI=1S/C24H27N3O2S/c1-17(22(28)26(2)16-18-10-4-3-5-11-18)30-24-25-21-15-9-8-14-20(21)23(29)27(24)19-12-6-7-13-19/h3-5,8-11,14-15,17,19H,6-7,12-13,16H2,1-2H3/t17-/m0/s1. The van der Waals surface area contributed by atoms with Crippen LogP contribution in [0.1, 0.15) is 44.2 Å². The van der Waals surface area contributed by atoms with E-state index in [0.717, 1.165) is 31.2 Å². The molecule has 156 valence electrons. The van der Waals surface area contributed by atoms with Crippen LogP contribution in [0.4, 0.5) is 0 Å². The Morgan fingerprint density at radius 1 is 1.13 bits per heavy atom. The molecule has 0 unspecified atom stereocenters. The first-order valence-electron chi connectivity index (χ1n) is 10.5. The zero-order chi connectivity index (χ0) is 21.1. The number of hydrogen-bond donors (Lipinski definition) is 0. The average molecular weight is 422 g/mol. The summed E-state index contributed by atoms with van der Waals surface area (Å²) in [5, 5.41) is 0.966. The topological polar surface area (TPSA) is 55.2 Å². The summed E-state index contributed by atoms with van der Waals surface area (Å²) in [5.41, 5.74) is 1.79. The lowest BCUT2D eigenvalue weighted by molar-refractivity contribution is -0.129. The third-order valence-corrected chi connectivity index (χ3v) is 6.79. The Bertz CT molecular complexity index is 1090. The summed E-state index contributed by atoms with van der Waals surface area (Å²) in [6.07, 6.45) is 4.23. The molecule has 0 bridgehead atoms. The molecule has 1 fully saturated rings. The molecule has 2 aromatic carbocycles. The molecule has 6 heteroatoms. The lowest BCUT2D eigenvalue weighted by Gasteiger charge is -2.23. The minimum atomic E-state index is -0.334. The highest BCUT2D eigenvalue weighted by Crippen LogP contribution is 2.33. The Hall–Kier alpha value is -2.60. The zero-order valence-electron chi connectivity index (χ0n) is 17.5. The minimum Gasteiger partial charge on any atom is -0.340 e. The van der Waals surface area contributed by atoms with Crippen molar-refractivity contribution in [2.24, 2.45) is 0 Å². The highest BCUT2D eigenvalue weighted by Gasteiger charge is 2.26. The summed E-state index contributed by atoms with van der Waals surface area (Å²) in [4.78, 5) is 32.8. The number of thioether (sulfide) groups is 1. The number of rotatable bonds is 6. The van der Waals surface area contributed by atoms with Crippen molar-refractivity contribution < 1.29 is 4.79 Å². The van der Waals surface area contributed by atoms with Gasteiger partial charge in [-0.05, 0) is 37.5 Å². The van der Waals surface area contributed by atoms with Crippen LogP contribution in [0.15, 0.2) is 64.5 Å². The predicted octanol–water partition coefficient (Wildman–Crippen LogP) is 4.65. The molecule has 1 aliphatic rings. The van der Waals surface area contributed by atoms with Gasteiger partial charge in [0, 0.05) is 19.6 Å². The van der Waals surface area contributed by atoms with E-state index in [9.17, 15) is 9.59 Å². The van der Waals surface area contributed by atoms with Crippen molar-refractivity contribution in [2.75, 3.05) is 7.05 Å². The number of benzene rings is 2. The molecule has 1 heterocycles. The van der Waals surface area contributed by atoms with Crippen LogP contribution in [0.3, 0.4) is 0 Å². The molecule has 0 aliphatic heterocycles. The third kappa shape index (κ3) is 4.29. The van der Waals surface area contributed by atoms with E-state index in [1.807, 2.05) is 73.1 Å². The van der Waals surface area contributed by atoms with Crippen LogP contribution in [0, 0.1) is 0 Å². The number of amides is 1. The predicted molar refractivity (Wildman–Crippen MR) is 122 cm³/mol. The Labute approximate surface area is 181 Å². The molecule has 5 nitrogen and oxygen atoms in total. The van der Waals surface area contributed by atoms with Crippen molar-refractivity contribution in [3.8, 4) is 0 Å². The molecule has 4 rings (SSSR count). The first kappa shape index (κ1) is 20.7. The molecule has 1 aromatic heterocycles. The SMILES string of the molecule is C[C@H](Sc1nc2ccccc2c(=O)n1C1CCCC1)C(=O)N(C)Cc1ccccc1. The van der Waals surface area contributed by atoms with E-state index in [-0.39, 0.29) is 22.8 Å². The van der Waals surface area contributed by atoms with Crippen molar-refractivity contribution in [1.29, 1.82) is 0 Å². The molecule has 3 aromatic rings. The van der Waals surface area contributed by atoms with E-state index in [4.69, 9.17) is 4.98 Å². The number of para-hydroxylation sites is 1. The molecule has 1 aliphatic carbocycles. The summed E-state index contributed by atoms with van der Waals surface area (Å²) >= 11 is 1.39. The second-order valence-corrected chi connectivity index (χ2v) is 9.27. The number of fused-ring (bicyclic) bond motifs is 1. The average Bonchev–Trinajstić information content (AvgIpc) is 3.28. The number of hydrogen-bond acceptors (Lipinski definition) is 4. The number of carbonyl (C=O) groups excluding carboxylic acids is 1. The van der Waals surface area contributed by atoms with Gasteiger partial charge in [0.1, 0.15) is 0 Å². The molecule has 0 saturated heterocycles. The highest BCUT2D eigenvalue weighted by atomic mass is 32.2. The first-order valence-corrected chi connectivity index (χ1v) is 11.4. The molecule has 1 saturated carbocycles. The Morgan fingerprint density at radius 2 is 1.80 bits per heavy atom. The second-order valence-electron chi connectivity index (χ2n) is 7.96. The monoisotopic (exact) mass is 421 g/mol. The van der Waals surface area contributed by atoms with Gasteiger partial charge in [0.05, 0.1) is 16.2 Å². The van der Waals surface area contributed by atoms with E-state index in [1.165, 1.54) is 11.8 Å². The van der Waals surface area contributed by atoms with E-state index in [0.29, 0.717) is 22.6 Å². The smallest absolute Gasteiger partial charge is 0.262 e. The molecule has 0 spiro atoms. The van der Waals surface area contributed by atoms with Gasteiger partial charge in [-0.2, -0.15) is 0 Å². The maximum absolute atomic E-state index is 13.3. The molecule has 1 amide bonds. The van der Waals surface area contributed by atoms with E-state index < -0.39 is 0 Å². The van der Waals surface area contributed by atoms with Gasteiger partial charge < -0.3 is 4.90 Å². The highest BCUT2D eigenvalue weighted by molar-refractivity contribution is 8.00. The fraction of sp³-hybridized carbons (Fsp3) is 0.375. The van der Waals surface area contributed by atoms with Crippen LogP contribution < -0.4 is 5.56 Å². The normalized spacial score (nSPS) is 15.4. The van der Waals surface area contributed by atoms with Gasteiger partial charge in [0.25, 0.3) is 5.56 Å². The maximum atomic E-state index is 13.3. The molecule has 30 heavy (non-hydrogen) atoms. The second kappa shape index (κ2) is 9.04. The van der Waals surface area contributed by atoms with Gasteiger partial charge >= 0.3 is 0 Å². The number of nitrogens with zero attached hydrogens (tertiary/aromatic N) is 3.